The summed E-state index contributed by atoms with van der Waals surface area (Å²) in [6, 6.07) is -0.774. The van der Waals surface area contributed by atoms with Crippen LogP contribution in [0.3, 0.4) is 0 Å². The summed E-state index contributed by atoms with van der Waals surface area (Å²) in [5.74, 6) is -3.51. The molecule has 3 N–H and O–H groups in total. The summed E-state index contributed by atoms with van der Waals surface area (Å²) < 4.78 is 49.7. The Balaban J connectivity index is 3.25. The topological polar surface area (TPSA) is 46.2 Å². The Bertz CT molecular complexity index is 342. The van der Waals surface area contributed by atoms with Gasteiger partial charge in [0.15, 0.2) is 11.6 Å². The van der Waals surface area contributed by atoms with E-state index in [1.165, 1.54) is 0 Å². The van der Waals surface area contributed by atoms with Crippen LogP contribution in [0, 0.1) is 11.6 Å². The first-order valence-electron chi connectivity index (χ1n) is 3.65. The second kappa shape index (κ2) is 3.83. The highest BCUT2D eigenvalue weighted by Crippen LogP contribution is 2.31. The van der Waals surface area contributed by atoms with Crippen molar-refractivity contribution in [3.63, 3.8) is 0 Å². The van der Waals surface area contributed by atoms with E-state index in [4.69, 9.17) is 10.8 Å². The molecular weight excluding hydrogens is 202 g/mol. The van der Waals surface area contributed by atoms with Crippen molar-refractivity contribution >= 4 is 0 Å². The van der Waals surface area contributed by atoms with Gasteiger partial charge in [0.1, 0.15) is 5.82 Å². The summed E-state index contributed by atoms with van der Waals surface area (Å²) in [7, 11) is 0. The van der Waals surface area contributed by atoms with Gasteiger partial charge >= 0.3 is 0 Å². The third-order valence-corrected chi connectivity index (χ3v) is 1.72. The zero-order valence-corrected chi connectivity index (χ0v) is 6.85. The molecule has 14 heavy (non-hydrogen) atoms. The van der Waals surface area contributed by atoms with Crippen molar-refractivity contribution in [2.24, 2.45) is 5.73 Å². The van der Waals surface area contributed by atoms with Gasteiger partial charge in [-0.2, -0.15) is 0 Å². The van der Waals surface area contributed by atoms with Crippen LogP contribution in [0.2, 0.25) is 0 Å². The highest BCUT2D eigenvalue weighted by molar-refractivity contribution is 5.37. The summed E-state index contributed by atoms with van der Waals surface area (Å²) in [4.78, 5) is 0. The summed E-state index contributed by atoms with van der Waals surface area (Å²) in [5.41, 5.74) is 3.99. The van der Waals surface area contributed by atoms with Crippen LogP contribution in [0.25, 0.3) is 0 Å². The van der Waals surface area contributed by atoms with E-state index < -0.39 is 35.4 Å². The number of hydrogen-bond donors (Lipinski definition) is 2. The van der Waals surface area contributed by atoms with E-state index in [1.54, 1.807) is 0 Å². The van der Waals surface area contributed by atoms with E-state index in [2.05, 4.69) is 0 Å². The van der Waals surface area contributed by atoms with Crippen LogP contribution in [0.5, 0.6) is 5.75 Å². The fourth-order valence-corrected chi connectivity index (χ4v) is 1.000. The minimum absolute atomic E-state index is 0.631. The van der Waals surface area contributed by atoms with E-state index in [9.17, 15) is 17.6 Å². The lowest BCUT2D eigenvalue weighted by atomic mass is 10.1. The molecule has 0 aliphatic carbocycles. The van der Waals surface area contributed by atoms with Gasteiger partial charge in [-0.3, -0.25) is 0 Å². The Morgan fingerprint density at radius 2 is 1.64 bits per heavy atom. The average molecular weight is 209 g/mol. The van der Waals surface area contributed by atoms with Crippen molar-refractivity contribution in [1.82, 2.24) is 0 Å². The molecule has 0 spiro atoms. The van der Waals surface area contributed by atoms with E-state index >= 15 is 0 Å². The lowest BCUT2D eigenvalue weighted by Gasteiger charge is -2.13. The van der Waals surface area contributed by atoms with Crippen molar-refractivity contribution in [3.05, 3.63) is 29.3 Å². The Hall–Kier alpha value is -1.30. The molecule has 0 aliphatic rings. The predicted molar refractivity (Wildman–Crippen MR) is 41.0 cm³/mol. The van der Waals surface area contributed by atoms with Gasteiger partial charge < -0.3 is 10.8 Å². The molecule has 0 aliphatic heterocycles. The highest BCUT2D eigenvalue weighted by Gasteiger charge is 2.26. The molecule has 0 aromatic heterocycles. The maximum absolute atomic E-state index is 12.9. The Morgan fingerprint density at radius 3 is 2.14 bits per heavy atom. The number of halogens is 4. The van der Waals surface area contributed by atoms with Crippen LogP contribution >= 0.6 is 0 Å². The summed E-state index contributed by atoms with van der Waals surface area (Å²) in [6.07, 6.45) is -3.07. The number of benzene rings is 1. The van der Waals surface area contributed by atoms with E-state index in [-0.39, 0.29) is 0 Å². The zero-order valence-electron chi connectivity index (χ0n) is 6.85. The maximum atomic E-state index is 12.9. The van der Waals surface area contributed by atoms with Crippen LogP contribution in [-0.4, -0.2) is 11.5 Å². The largest absolute Gasteiger partial charge is 0.505 e. The quantitative estimate of drug-likeness (QED) is 0.731. The van der Waals surface area contributed by atoms with Crippen LogP contribution in [0.1, 0.15) is 11.6 Å². The fourth-order valence-electron chi connectivity index (χ4n) is 1.000. The summed E-state index contributed by atoms with van der Waals surface area (Å²) in [6.45, 7) is 0. The molecule has 78 valence electrons. The number of alkyl halides is 2. The van der Waals surface area contributed by atoms with E-state index in [1.807, 2.05) is 0 Å². The smallest absolute Gasteiger partial charge is 0.257 e. The Morgan fingerprint density at radius 1 is 1.14 bits per heavy atom. The van der Waals surface area contributed by atoms with Gasteiger partial charge in [-0.1, -0.05) is 0 Å². The molecule has 1 aromatic rings. The van der Waals surface area contributed by atoms with Crippen molar-refractivity contribution in [1.29, 1.82) is 0 Å². The van der Waals surface area contributed by atoms with Crippen molar-refractivity contribution in [2.45, 2.75) is 12.5 Å². The third kappa shape index (κ3) is 1.79. The number of rotatable bonds is 2. The van der Waals surface area contributed by atoms with Gasteiger partial charge in [0.05, 0.1) is 11.6 Å². The van der Waals surface area contributed by atoms with Gasteiger partial charge in [0.25, 0.3) is 6.43 Å². The molecular formula is C8H7F4NO. The van der Waals surface area contributed by atoms with Gasteiger partial charge in [-0.25, -0.2) is 17.6 Å². The van der Waals surface area contributed by atoms with Crippen LogP contribution in [-0.2, 0) is 0 Å². The lowest BCUT2D eigenvalue weighted by molar-refractivity contribution is 0.113. The molecule has 0 heterocycles. The molecule has 1 aromatic carbocycles. The molecule has 0 amide bonds. The van der Waals surface area contributed by atoms with Crippen molar-refractivity contribution in [3.8, 4) is 5.75 Å². The normalized spacial score (nSPS) is 13.3. The molecule has 0 unspecified atom stereocenters. The molecule has 6 heteroatoms. The minimum Gasteiger partial charge on any atom is -0.505 e. The Kier molecular flexibility index (Phi) is 2.95. The minimum atomic E-state index is -3.07. The van der Waals surface area contributed by atoms with E-state index in [0.717, 1.165) is 0 Å². The lowest BCUT2D eigenvalue weighted by Crippen LogP contribution is -2.20. The van der Waals surface area contributed by atoms with Gasteiger partial charge in [-0.05, 0) is 12.1 Å². The monoisotopic (exact) mass is 209 g/mol. The number of nitrogens with two attached hydrogens (primary N) is 1. The van der Waals surface area contributed by atoms with Gasteiger partial charge in [0.2, 0.25) is 0 Å². The van der Waals surface area contributed by atoms with Gasteiger partial charge in [-0.15, -0.1) is 0 Å². The fraction of sp³-hybridized carbons (Fsp3) is 0.250. The molecule has 0 saturated carbocycles. The van der Waals surface area contributed by atoms with E-state index in [0.29, 0.717) is 12.1 Å². The first-order valence-corrected chi connectivity index (χ1v) is 3.65. The molecule has 1 atom stereocenters. The van der Waals surface area contributed by atoms with Crippen LogP contribution < -0.4 is 5.73 Å². The molecule has 1 rings (SSSR count). The van der Waals surface area contributed by atoms with Gasteiger partial charge in [0, 0.05) is 0 Å². The molecule has 0 fully saturated rings. The number of hydrogen-bond acceptors (Lipinski definition) is 2. The van der Waals surface area contributed by atoms with Crippen molar-refractivity contribution < 1.29 is 22.7 Å². The standard InChI is InChI=1S/C8H7F4NO/c9-3-1-2-4(10)7(14)5(3)6(13)8(11)12/h1-2,6,8,14H,13H2/t6-/m1/s1. The number of phenols is 1. The SMILES string of the molecule is N[C@H](c1c(F)ccc(F)c1O)C(F)F. The number of phenolic OH excluding ortho intramolecular Hbond substituents is 1. The number of aromatic hydroxyl groups is 1. The average Bonchev–Trinajstić information content (AvgIpc) is 2.12. The second-order valence-corrected chi connectivity index (χ2v) is 2.65. The van der Waals surface area contributed by atoms with Crippen molar-refractivity contribution in [2.75, 3.05) is 0 Å². The summed E-state index contributed by atoms with van der Waals surface area (Å²) >= 11 is 0. The molecule has 0 radical (unpaired) electrons. The third-order valence-electron chi connectivity index (χ3n) is 1.72. The molecule has 0 saturated heterocycles. The molecule has 2 nitrogen and oxygen atoms in total. The first-order chi connectivity index (χ1) is 6.45. The predicted octanol–water partition coefficient (Wildman–Crippen LogP) is 1.94. The molecule has 0 bridgehead atoms. The second-order valence-electron chi connectivity index (χ2n) is 2.65. The van der Waals surface area contributed by atoms with Crippen LogP contribution in [0.4, 0.5) is 17.6 Å². The summed E-state index contributed by atoms with van der Waals surface area (Å²) in [5, 5.41) is 8.97. The maximum Gasteiger partial charge on any atom is 0.257 e. The zero-order chi connectivity index (χ0) is 10.9. The Labute approximate surface area is 77.0 Å². The first kappa shape index (κ1) is 10.8. The van der Waals surface area contributed by atoms with Crippen LogP contribution in [0.15, 0.2) is 12.1 Å². The highest BCUT2D eigenvalue weighted by atomic mass is 19.3.